The molecule has 40 heavy (non-hydrogen) atoms. The van der Waals surface area contributed by atoms with Gasteiger partial charge in [-0.2, -0.15) is 0 Å². The third-order valence-corrected chi connectivity index (χ3v) is 7.16. The van der Waals surface area contributed by atoms with Gasteiger partial charge in [0.1, 0.15) is 11.5 Å². The number of hydrogen-bond acceptors (Lipinski definition) is 6. The van der Waals surface area contributed by atoms with Crippen molar-refractivity contribution in [3.8, 4) is 11.5 Å². The van der Waals surface area contributed by atoms with Gasteiger partial charge in [-0.1, -0.05) is 60.7 Å². The van der Waals surface area contributed by atoms with Crippen molar-refractivity contribution >= 4 is 17.3 Å². The lowest BCUT2D eigenvalue weighted by Crippen LogP contribution is -2.41. The highest BCUT2D eigenvalue weighted by Crippen LogP contribution is 2.48. The Morgan fingerprint density at radius 1 is 0.775 bits per heavy atom. The third-order valence-electron chi connectivity index (χ3n) is 7.16. The first kappa shape index (κ1) is 26.9. The number of carbonyl (C=O) groups is 1. The molecule has 1 aliphatic heterocycles. The molecule has 0 fully saturated rings. The number of carbonyl (C=O) groups excluding carboxylic acids is 1. The Kier molecular flexibility index (Phi) is 8.35. The summed E-state index contributed by atoms with van der Waals surface area (Å²) >= 11 is 0. The molecule has 4 aromatic rings. The van der Waals surface area contributed by atoms with Crippen molar-refractivity contribution in [2.24, 2.45) is 0 Å². The summed E-state index contributed by atoms with van der Waals surface area (Å²) in [7, 11) is 3.31. The molecule has 1 aliphatic rings. The highest BCUT2D eigenvalue weighted by molar-refractivity contribution is 5.93. The van der Waals surface area contributed by atoms with E-state index in [4.69, 9.17) is 14.2 Å². The number of esters is 1. The van der Waals surface area contributed by atoms with Gasteiger partial charge < -0.3 is 24.4 Å². The summed E-state index contributed by atoms with van der Waals surface area (Å²) < 4.78 is 16.5. The molecular formula is C34H34N2O4. The zero-order valence-corrected chi connectivity index (χ0v) is 23.0. The van der Waals surface area contributed by atoms with Crippen molar-refractivity contribution < 1.29 is 19.0 Å². The number of nitrogens with one attached hydrogen (secondary N) is 1. The van der Waals surface area contributed by atoms with Crippen LogP contribution in [0.15, 0.2) is 120 Å². The van der Waals surface area contributed by atoms with Gasteiger partial charge in [0.15, 0.2) is 0 Å². The molecule has 0 bridgehead atoms. The quantitative estimate of drug-likeness (QED) is 0.227. The molecule has 6 nitrogen and oxygen atoms in total. The number of rotatable bonds is 9. The van der Waals surface area contributed by atoms with E-state index in [1.54, 1.807) is 14.2 Å². The smallest absolute Gasteiger partial charge is 0.338 e. The summed E-state index contributed by atoms with van der Waals surface area (Å²) in [5, 5.41) is 3.59. The number of benzene rings is 4. The lowest BCUT2D eigenvalue weighted by atomic mass is 9.84. The van der Waals surface area contributed by atoms with E-state index < -0.39 is 6.04 Å². The van der Waals surface area contributed by atoms with Crippen molar-refractivity contribution in [3.05, 3.63) is 132 Å². The fourth-order valence-electron chi connectivity index (χ4n) is 5.30. The normalized spacial score (nSPS) is 16.8. The number of methoxy groups -OCH3 is 2. The minimum absolute atomic E-state index is 0.0706. The fourth-order valence-corrected chi connectivity index (χ4v) is 5.30. The number of hydrogen-bond donors (Lipinski definition) is 1. The average molecular weight is 535 g/mol. The van der Waals surface area contributed by atoms with Crippen molar-refractivity contribution in [2.75, 3.05) is 31.0 Å². The van der Waals surface area contributed by atoms with Crippen molar-refractivity contribution in [1.82, 2.24) is 0 Å². The second-order valence-corrected chi connectivity index (χ2v) is 9.52. The molecule has 204 valence electrons. The lowest BCUT2D eigenvalue weighted by molar-refractivity contribution is -0.139. The molecule has 2 atom stereocenters. The predicted molar refractivity (Wildman–Crippen MR) is 159 cm³/mol. The van der Waals surface area contributed by atoms with Gasteiger partial charge in [-0.15, -0.1) is 0 Å². The molecule has 1 heterocycles. The molecule has 0 aromatic heterocycles. The zero-order valence-electron chi connectivity index (χ0n) is 23.0. The maximum absolute atomic E-state index is 13.8. The molecular weight excluding hydrogens is 500 g/mol. The molecule has 0 spiro atoms. The van der Waals surface area contributed by atoms with Crippen LogP contribution >= 0.6 is 0 Å². The van der Waals surface area contributed by atoms with Gasteiger partial charge in [0.2, 0.25) is 0 Å². The number of ether oxygens (including phenoxy) is 3. The van der Waals surface area contributed by atoms with Gasteiger partial charge in [0.25, 0.3) is 0 Å². The second kappa shape index (κ2) is 12.4. The zero-order chi connectivity index (χ0) is 27.9. The van der Waals surface area contributed by atoms with Gasteiger partial charge in [0.05, 0.1) is 38.5 Å². The van der Waals surface area contributed by atoms with Crippen molar-refractivity contribution in [1.29, 1.82) is 0 Å². The highest BCUT2D eigenvalue weighted by atomic mass is 16.5. The molecule has 6 heteroatoms. The van der Waals surface area contributed by atoms with Crippen LogP contribution in [0.5, 0.6) is 11.5 Å². The maximum Gasteiger partial charge on any atom is 0.338 e. The Labute approximate surface area is 235 Å². The largest absolute Gasteiger partial charge is 0.497 e. The summed E-state index contributed by atoms with van der Waals surface area (Å²) in [5.74, 6) is 1.21. The third kappa shape index (κ3) is 5.66. The van der Waals surface area contributed by atoms with Gasteiger partial charge in [0, 0.05) is 23.5 Å². The Bertz CT molecular complexity index is 1440. The molecule has 0 aliphatic carbocycles. The van der Waals surface area contributed by atoms with Crippen LogP contribution in [0.25, 0.3) is 0 Å². The summed E-state index contributed by atoms with van der Waals surface area (Å²) in [4.78, 5) is 16.1. The monoisotopic (exact) mass is 534 g/mol. The molecule has 0 amide bonds. The van der Waals surface area contributed by atoms with Crippen LogP contribution in [-0.4, -0.2) is 26.8 Å². The summed E-state index contributed by atoms with van der Waals surface area (Å²) in [6.45, 7) is 2.12. The van der Waals surface area contributed by atoms with Crippen LogP contribution in [0.3, 0.4) is 0 Å². The molecule has 0 saturated heterocycles. The molecule has 1 N–H and O–H groups in total. The minimum Gasteiger partial charge on any atom is -0.497 e. The predicted octanol–water partition coefficient (Wildman–Crippen LogP) is 7.33. The standard InChI is InChI=1S/C34H34N2O4/c1-4-40-34(37)32-30(35-26-15-19-28(38-2)20-16-26)23-31(24-11-7-5-8-12-24)36(27-17-21-29(39-3)22-18-27)33(32)25-13-9-6-10-14-25/h5-22,31,33,35H,4,23H2,1-3H3. The topological polar surface area (TPSA) is 60.0 Å². The van der Waals surface area contributed by atoms with Crippen LogP contribution in [0, 0.1) is 0 Å². The first-order chi connectivity index (χ1) is 19.6. The van der Waals surface area contributed by atoms with E-state index in [-0.39, 0.29) is 18.6 Å². The summed E-state index contributed by atoms with van der Waals surface area (Å²) in [6, 6.07) is 35.8. The van der Waals surface area contributed by atoms with E-state index in [2.05, 4.69) is 58.7 Å². The molecule has 4 aromatic carbocycles. The van der Waals surface area contributed by atoms with Crippen LogP contribution in [0.2, 0.25) is 0 Å². The van der Waals surface area contributed by atoms with E-state index in [9.17, 15) is 4.79 Å². The van der Waals surface area contributed by atoms with E-state index >= 15 is 0 Å². The highest BCUT2D eigenvalue weighted by Gasteiger charge is 2.41. The Balaban J connectivity index is 1.73. The van der Waals surface area contributed by atoms with Gasteiger partial charge >= 0.3 is 5.97 Å². The van der Waals surface area contributed by atoms with Gasteiger partial charge in [-0.05, 0) is 66.6 Å². The average Bonchev–Trinajstić information content (AvgIpc) is 3.02. The van der Waals surface area contributed by atoms with E-state index in [0.717, 1.165) is 39.7 Å². The summed E-state index contributed by atoms with van der Waals surface area (Å²) in [6.07, 6.45) is 0.569. The Morgan fingerprint density at radius 3 is 1.88 bits per heavy atom. The van der Waals surface area contributed by atoms with Crippen LogP contribution < -0.4 is 19.7 Å². The second-order valence-electron chi connectivity index (χ2n) is 9.52. The molecule has 2 unspecified atom stereocenters. The lowest BCUT2D eigenvalue weighted by Gasteiger charge is -2.46. The van der Waals surface area contributed by atoms with Gasteiger partial charge in [-0.25, -0.2) is 4.79 Å². The van der Waals surface area contributed by atoms with Crippen molar-refractivity contribution in [2.45, 2.75) is 25.4 Å². The molecule has 5 rings (SSSR count). The molecule has 0 radical (unpaired) electrons. The first-order valence-corrected chi connectivity index (χ1v) is 13.5. The Hall–Kier alpha value is -4.71. The van der Waals surface area contributed by atoms with Crippen LogP contribution in [0.1, 0.15) is 36.6 Å². The SMILES string of the molecule is CCOC(=O)C1=C(Nc2ccc(OC)cc2)CC(c2ccccc2)N(c2ccc(OC)cc2)C1c1ccccc1. The number of nitrogens with zero attached hydrogens (tertiary/aromatic N) is 1. The van der Waals surface area contributed by atoms with Gasteiger partial charge in [-0.3, -0.25) is 0 Å². The fraction of sp³-hybridized carbons (Fsp3) is 0.206. The van der Waals surface area contributed by atoms with Crippen LogP contribution in [-0.2, 0) is 9.53 Å². The van der Waals surface area contributed by atoms with E-state index in [1.807, 2.05) is 67.6 Å². The summed E-state index contributed by atoms with van der Waals surface area (Å²) in [5.41, 5.74) is 5.41. The van der Waals surface area contributed by atoms with Crippen LogP contribution in [0.4, 0.5) is 11.4 Å². The minimum atomic E-state index is -0.409. The van der Waals surface area contributed by atoms with Crippen molar-refractivity contribution in [3.63, 3.8) is 0 Å². The molecule has 0 saturated carbocycles. The van der Waals surface area contributed by atoms with E-state index in [1.165, 1.54) is 0 Å². The first-order valence-electron chi connectivity index (χ1n) is 13.5. The maximum atomic E-state index is 13.8. The Morgan fingerprint density at radius 2 is 1.32 bits per heavy atom. The van der Waals surface area contributed by atoms with E-state index in [0.29, 0.717) is 12.0 Å². The number of anilines is 2.